The molecule has 0 aliphatic rings. The number of nitrogens with two attached hydrogens (primary N) is 1. The van der Waals surface area contributed by atoms with Gasteiger partial charge in [-0.3, -0.25) is 0 Å². The lowest BCUT2D eigenvalue weighted by Crippen LogP contribution is -2.08. The minimum atomic E-state index is -0.416. The van der Waals surface area contributed by atoms with Gasteiger partial charge in [-0.2, -0.15) is 0 Å². The Morgan fingerprint density at radius 2 is 1.63 bits per heavy atom. The van der Waals surface area contributed by atoms with Crippen LogP contribution in [0.4, 0.5) is 4.39 Å². The van der Waals surface area contributed by atoms with Crippen molar-refractivity contribution in [2.45, 2.75) is 13.0 Å². The number of rotatable bonds is 4. The molecule has 4 heteroatoms. The van der Waals surface area contributed by atoms with E-state index in [9.17, 15) is 4.39 Å². The summed E-state index contributed by atoms with van der Waals surface area (Å²) in [6, 6.07) is 11.3. The fraction of sp³-hybridized carbons (Fsp3) is 0.200. The molecule has 0 spiro atoms. The van der Waals surface area contributed by atoms with Crippen molar-refractivity contribution < 1.29 is 13.9 Å². The van der Waals surface area contributed by atoms with E-state index in [2.05, 4.69) is 0 Å². The van der Waals surface area contributed by atoms with Crippen LogP contribution in [0.1, 0.15) is 18.5 Å². The maximum atomic E-state index is 13.6. The Morgan fingerprint density at radius 1 is 1.00 bits per heavy atom. The van der Waals surface area contributed by atoms with Crippen molar-refractivity contribution in [1.82, 2.24) is 0 Å². The highest BCUT2D eigenvalue weighted by molar-refractivity contribution is 5.48. The largest absolute Gasteiger partial charge is 0.496 e. The molecule has 100 valence electrons. The van der Waals surface area contributed by atoms with Gasteiger partial charge in [-0.05, 0) is 31.2 Å². The van der Waals surface area contributed by atoms with Crippen LogP contribution in [-0.2, 0) is 0 Å². The zero-order valence-corrected chi connectivity index (χ0v) is 10.9. The molecule has 0 radical (unpaired) electrons. The molecule has 3 nitrogen and oxygen atoms in total. The molecule has 2 rings (SSSR count). The Kier molecular flexibility index (Phi) is 4.02. The Bertz CT molecular complexity index is 570. The smallest absolute Gasteiger partial charge is 0.165 e. The lowest BCUT2D eigenvalue weighted by Gasteiger charge is -2.17. The molecule has 0 saturated carbocycles. The topological polar surface area (TPSA) is 44.5 Å². The first-order chi connectivity index (χ1) is 9.13. The van der Waals surface area contributed by atoms with Crippen LogP contribution in [0.2, 0.25) is 0 Å². The van der Waals surface area contributed by atoms with Gasteiger partial charge in [-0.1, -0.05) is 18.2 Å². The lowest BCUT2D eigenvalue weighted by molar-refractivity contribution is 0.393. The summed E-state index contributed by atoms with van der Waals surface area (Å²) in [7, 11) is 1.56. The molecule has 2 aromatic rings. The third-order valence-corrected chi connectivity index (χ3v) is 2.76. The molecule has 0 aliphatic carbocycles. The first-order valence-corrected chi connectivity index (χ1v) is 5.98. The van der Waals surface area contributed by atoms with Crippen molar-refractivity contribution in [3.8, 4) is 17.2 Å². The molecule has 0 fully saturated rings. The molecule has 2 aromatic carbocycles. The summed E-state index contributed by atoms with van der Waals surface area (Å²) in [5, 5.41) is 0. The highest BCUT2D eigenvalue weighted by Crippen LogP contribution is 2.36. The van der Waals surface area contributed by atoms with Gasteiger partial charge in [0.1, 0.15) is 11.5 Å². The monoisotopic (exact) mass is 261 g/mol. The van der Waals surface area contributed by atoms with Crippen molar-refractivity contribution in [3.63, 3.8) is 0 Å². The minimum absolute atomic E-state index is 0.164. The van der Waals surface area contributed by atoms with Crippen LogP contribution in [0, 0.1) is 5.82 Å². The average Bonchev–Trinajstić information content (AvgIpc) is 2.40. The number of hydrogen-bond donors (Lipinski definition) is 1. The lowest BCUT2D eigenvalue weighted by atomic mass is 10.1. The van der Waals surface area contributed by atoms with E-state index in [1.165, 1.54) is 6.07 Å². The van der Waals surface area contributed by atoms with Crippen LogP contribution < -0.4 is 15.2 Å². The van der Waals surface area contributed by atoms with E-state index in [4.69, 9.17) is 15.2 Å². The van der Waals surface area contributed by atoms with Crippen LogP contribution in [0.3, 0.4) is 0 Å². The van der Waals surface area contributed by atoms with E-state index in [0.717, 1.165) is 0 Å². The molecule has 0 unspecified atom stereocenters. The molecular weight excluding hydrogens is 245 g/mol. The molecule has 0 saturated heterocycles. The van der Waals surface area contributed by atoms with Crippen LogP contribution in [0.25, 0.3) is 0 Å². The molecule has 0 aromatic heterocycles. The van der Waals surface area contributed by atoms with E-state index in [1.807, 2.05) is 6.92 Å². The van der Waals surface area contributed by atoms with Crippen LogP contribution in [0.5, 0.6) is 17.2 Å². The van der Waals surface area contributed by atoms with Crippen molar-refractivity contribution >= 4 is 0 Å². The van der Waals surface area contributed by atoms with Crippen LogP contribution in [0.15, 0.2) is 42.5 Å². The normalized spacial score (nSPS) is 12.0. The molecule has 2 N–H and O–H groups in total. The fourth-order valence-electron chi connectivity index (χ4n) is 1.89. The molecular formula is C15H16FNO2. The van der Waals surface area contributed by atoms with E-state index in [0.29, 0.717) is 17.1 Å². The van der Waals surface area contributed by atoms with Gasteiger partial charge in [-0.15, -0.1) is 0 Å². The summed E-state index contributed by atoms with van der Waals surface area (Å²) >= 11 is 0. The van der Waals surface area contributed by atoms with Gasteiger partial charge in [-0.25, -0.2) is 4.39 Å². The Balaban J connectivity index is 2.43. The number of hydrogen-bond acceptors (Lipinski definition) is 3. The zero-order chi connectivity index (χ0) is 13.8. The Hall–Kier alpha value is -2.07. The van der Waals surface area contributed by atoms with Crippen molar-refractivity contribution in [2.75, 3.05) is 7.11 Å². The second-order valence-corrected chi connectivity index (χ2v) is 4.19. The predicted octanol–water partition coefficient (Wildman–Crippen LogP) is 3.65. The Morgan fingerprint density at radius 3 is 2.26 bits per heavy atom. The maximum absolute atomic E-state index is 13.6. The van der Waals surface area contributed by atoms with Crippen molar-refractivity contribution in [3.05, 3.63) is 53.8 Å². The number of halogens is 1. The van der Waals surface area contributed by atoms with E-state index < -0.39 is 5.82 Å². The van der Waals surface area contributed by atoms with Gasteiger partial charge >= 0.3 is 0 Å². The average molecular weight is 261 g/mol. The third kappa shape index (κ3) is 2.85. The number of para-hydroxylation sites is 1. The summed E-state index contributed by atoms with van der Waals surface area (Å²) in [6.45, 7) is 1.83. The first kappa shape index (κ1) is 13.4. The van der Waals surface area contributed by atoms with Gasteiger partial charge in [0.05, 0.1) is 12.7 Å². The third-order valence-electron chi connectivity index (χ3n) is 2.76. The predicted molar refractivity (Wildman–Crippen MR) is 72.1 cm³/mol. The summed E-state index contributed by atoms with van der Waals surface area (Å²) in [4.78, 5) is 0. The van der Waals surface area contributed by atoms with Crippen molar-refractivity contribution in [2.24, 2.45) is 5.73 Å². The SMILES string of the molecule is COc1cccc(Oc2ccccc2F)c1[C@H](C)N. The van der Waals surface area contributed by atoms with Gasteiger partial charge in [0.15, 0.2) is 11.6 Å². The van der Waals surface area contributed by atoms with Gasteiger partial charge in [0, 0.05) is 6.04 Å². The first-order valence-electron chi connectivity index (χ1n) is 5.98. The molecule has 0 aliphatic heterocycles. The van der Waals surface area contributed by atoms with E-state index in [-0.39, 0.29) is 11.8 Å². The fourth-order valence-corrected chi connectivity index (χ4v) is 1.89. The summed E-state index contributed by atoms with van der Waals surface area (Å²) in [6.07, 6.45) is 0. The van der Waals surface area contributed by atoms with E-state index in [1.54, 1.807) is 43.5 Å². The summed E-state index contributed by atoms with van der Waals surface area (Å²) < 4.78 is 24.5. The highest BCUT2D eigenvalue weighted by Gasteiger charge is 2.15. The highest BCUT2D eigenvalue weighted by atomic mass is 19.1. The van der Waals surface area contributed by atoms with Crippen LogP contribution >= 0.6 is 0 Å². The quantitative estimate of drug-likeness (QED) is 0.913. The number of methoxy groups -OCH3 is 1. The second kappa shape index (κ2) is 5.71. The standard InChI is InChI=1S/C15H16FNO2/c1-10(17)15-13(18-2)8-5-9-14(15)19-12-7-4-3-6-11(12)16/h3-10H,17H2,1-2H3/t10-/m0/s1. The zero-order valence-electron chi connectivity index (χ0n) is 10.9. The second-order valence-electron chi connectivity index (χ2n) is 4.19. The molecule has 0 amide bonds. The van der Waals surface area contributed by atoms with Gasteiger partial charge in [0.2, 0.25) is 0 Å². The summed E-state index contributed by atoms with van der Waals surface area (Å²) in [5.41, 5.74) is 6.64. The molecule has 0 heterocycles. The van der Waals surface area contributed by atoms with Gasteiger partial charge in [0.25, 0.3) is 0 Å². The summed E-state index contributed by atoms with van der Waals surface area (Å²) in [5.74, 6) is 0.877. The van der Waals surface area contributed by atoms with Crippen LogP contribution in [-0.4, -0.2) is 7.11 Å². The molecule has 19 heavy (non-hydrogen) atoms. The molecule has 0 bridgehead atoms. The Labute approximate surface area is 111 Å². The van der Waals surface area contributed by atoms with Crippen molar-refractivity contribution in [1.29, 1.82) is 0 Å². The minimum Gasteiger partial charge on any atom is -0.496 e. The number of ether oxygens (including phenoxy) is 2. The number of benzene rings is 2. The van der Waals surface area contributed by atoms with E-state index >= 15 is 0 Å². The van der Waals surface area contributed by atoms with Gasteiger partial charge < -0.3 is 15.2 Å². The maximum Gasteiger partial charge on any atom is 0.165 e. The molecule has 1 atom stereocenters.